The molecule has 0 radical (unpaired) electrons. The van der Waals surface area contributed by atoms with Gasteiger partial charge in [-0.05, 0) is 42.1 Å². The second-order valence-corrected chi connectivity index (χ2v) is 5.76. The lowest BCUT2D eigenvalue weighted by Gasteiger charge is -2.11. The van der Waals surface area contributed by atoms with E-state index >= 15 is 0 Å². The predicted molar refractivity (Wildman–Crippen MR) is 81.3 cm³/mol. The molecule has 2 heterocycles. The van der Waals surface area contributed by atoms with Gasteiger partial charge in [0.1, 0.15) is 0 Å². The van der Waals surface area contributed by atoms with E-state index in [1.54, 1.807) is 0 Å². The van der Waals surface area contributed by atoms with Gasteiger partial charge in [-0.1, -0.05) is 18.2 Å². The van der Waals surface area contributed by atoms with E-state index in [9.17, 15) is 0 Å². The fraction of sp³-hybridized carbons (Fsp3) is 0.188. The fourth-order valence-electron chi connectivity index (χ4n) is 2.09. The molecule has 2 aromatic heterocycles. The van der Waals surface area contributed by atoms with Crippen molar-refractivity contribution in [1.29, 1.82) is 0 Å². The Hall–Kier alpha value is -1.71. The zero-order chi connectivity index (χ0) is 13.1. The average molecular weight is 268 g/mol. The van der Waals surface area contributed by atoms with Crippen LogP contribution in [0, 0.1) is 0 Å². The van der Waals surface area contributed by atoms with E-state index in [2.05, 4.69) is 47.6 Å². The largest absolute Gasteiger partial charge is 0.305 e. The topological polar surface area (TPSA) is 24.9 Å². The SMILES string of the molecule is CC(NCc1ccncc1)c1cc2ccccc2s1. The van der Waals surface area contributed by atoms with Crippen LogP contribution in [0.5, 0.6) is 0 Å². The zero-order valence-electron chi connectivity index (χ0n) is 10.8. The molecule has 0 amide bonds. The van der Waals surface area contributed by atoms with Crippen molar-refractivity contribution < 1.29 is 0 Å². The molecule has 3 rings (SSSR count). The minimum Gasteiger partial charge on any atom is -0.305 e. The molecule has 3 heteroatoms. The molecule has 0 saturated heterocycles. The van der Waals surface area contributed by atoms with Crippen molar-refractivity contribution in [3.63, 3.8) is 0 Å². The van der Waals surface area contributed by atoms with Crippen LogP contribution in [0.4, 0.5) is 0 Å². The highest BCUT2D eigenvalue weighted by Crippen LogP contribution is 2.29. The van der Waals surface area contributed by atoms with Crippen molar-refractivity contribution in [3.05, 3.63) is 65.3 Å². The van der Waals surface area contributed by atoms with Gasteiger partial charge in [-0.2, -0.15) is 0 Å². The lowest BCUT2D eigenvalue weighted by atomic mass is 10.2. The van der Waals surface area contributed by atoms with Gasteiger partial charge < -0.3 is 5.32 Å². The minimum atomic E-state index is 0.366. The molecule has 0 saturated carbocycles. The molecule has 19 heavy (non-hydrogen) atoms. The molecular weight excluding hydrogens is 252 g/mol. The predicted octanol–water partition coefficient (Wildman–Crippen LogP) is 4.15. The maximum atomic E-state index is 4.03. The highest BCUT2D eigenvalue weighted by molar-refractivity contribution is 7.19. The molecule has 0 aliphatic heterocycles. The van der Waals surface area contributed by atoms with Gasteiger partial charge in [0.25, 0.3) is 0 Å². The van der Waals surface area contributed by atoms with Gasteiger partial charge in [-0.25, -0.2) is 0 Å². The first-order valence-electron chi connectivity index (χ1n) is 6.44. The number of fused-ring (bicyclic) bond motifs is 1. The number of hydrogen-bond acceptors (Lipinski definition) is 3. The van der Waals surface area contributed by atoms with E-state index in [1.165, 1.54) is 20.5 Å². The van der Waals surface area contributed by atoms with Crippen LogP contribution in [0.2, 0.25) is 0 Å². The quantitative estimate of drug-likeness (QED) is 0.769. The zero-order valence-corrected chi connectivity index (χ0v) is 11.7. The number of thiophene rings is 1. The summed E-state index contributed by atoms with van der Waals surface area (Å²) >= 11 is 1.87. The first-order chi connectivity index (χ1) is 9.33. The number of benzene rings is 1. The van der Waals surface area contributed by atoms with E-state index in [-0.39, 0.29) is 0 Å². The van der Waals surface area contributed by atoms with Crippen LogP contribution in [0.3, 0.4) is 0 Å². The van der Waals surface area contributed by atoms with Gasteiger partial charge in [0, 0.05) is 34.6 Å². The highest BCUT2D eigenvalue weighted by atomic mass is 32.1. The number of pyridine rings is 1. The van der Waals surface area contributed by atoms with Crippen molar-refractivity contribution in [2.75, 3.05) is 0 Å². The monoisotopic (exact) mass is 268 g/mol. The molecule has 0 spiro atoms. The van der Waals surface area contributed by atoms with Crippen molar-refractivity contribution in [3.8, 4) is 0 Å². The Morgan fingerprint density at radius 2 is 1.95 bits per heavy atom. The molecule has 0 bridgehead atoms. The van der Waals surface area contributed by atoms with Crippen LogP contribution in [-0.2, 0) is 6.54 Å². The second-order valence-electron chi connectivity index (χ2n) is 4.64. The first-order valence-corrected chi connectivity index (χ1v) is 7.25. The molecule has 1 atom stereocenters. The van der Waals surface area contributed by atoms with Crippen LogP contribution >= 0.6 is 11.3 Å². The first kappa shape index (κ1) is 12.3. The number of rotatable bonds is 4. The average Bonchev–Trinajstić information content (AvgIpc) is 2.90. The third kappa shape index (κ3) is 2.83. The normalized spacial score (nSPS) is 12.7. The molecule has 0 aliphatic carbocycles. The standard InChI is InChI=1S/C16H16N2S/c1-12(18-11-13-6-8-17-9-7-13)16-10-14-4-2-3-5-15(14)19-16/h2-10,12,18H,11H2,1H3. The van der Waals surface area contributed by atoms with Gasteiger partial charge in [0.2, 0.25) is 0 Å². The molecule has 2 nitrogen and oxygen atoms in total. The van der Waals surface area contributed by atoms with Crippen LogP contribution in [0.25, 0.3) is 10.1 Å². The van der Waals surface area contributed by atoms with Crippen molar-refractivity contribution in [1.82, 2.24) is 10.3 Å². The van der Waals surface area contributed by atoms with Crippen molar-refractivity contribution >= 4 is 21.4 Å². The second kappa shape index (κ2) is 5.51. The summed E-state index contributed by atoms with van der Waals surface area (Å²) in [7, 11) is 0. The maximum Gasteiger partial charge on any atom is 0.0389 e. The molecule has 1 unspecified atom stereocenters. The third-order valence-corrected chi connectivity index (χ3v) is 4.53. The Morgan fingerprint density at radius 1 is 1.16 bits per heavy atom. The minimum absolute atomic E-state index is 0.366. The van der Waals surface area contributed by atoms with Gasteiger partial charge in [-0.3, -0.25) is 4.98 Å². The summed E-state index contributed by atoms with van der Waals surface area (Å²) < 4.78 is 1.36. The summed E-state index contributed by atoms with van der Waals surface area (Å²) in [6, 6.07) is 15.3. The van der Waals surface area contributed by atoms with Gasteiger partial charge in [0.05, 0.1) is 0 Å². The van der Waals surface area contributed by atoms with E-state index in [0.29, 0.717) is 6.04 Å². The van der Waals surface area contributed by atoms with Gasteiger partial charge in [0.15, 0.2) is 0 Å². The molecule has 3 aromatic rings. The molecular formula is C16H16N2S. The van der Waals surface area contributed by atoms with E-state index in [4.69, 9.17) is 0 Å². The summed E-state index contributed by atoms with van der Waals surface area (Å²) in [6.07, 6.45) is 3.67. The molecule has 1 aromatic carbocycles. The number of aromatic nitrogens is 1. The Balaban J connectivity index is 1.71. The summed E-state index contributed by atoms with van der Waals surface area (Å²) in [4.78, 5) is 5.42. The number of nitrogens with zero attached hydrogens (tertiary/aromatic N) is 1. The van der Waals surface area contributed by atoms with Gasteiger partial charge >= 0.3 is 0 Å². The third-order valence-electron chi connectivity index (χ3n) is 3.23. The summed E-state index contributed by atoms with van der Waals surface area (Å²) in [5.41, 5.74) is 1.27. The van der Waals surface area contributed by atoms with Crippen molar-refractivity contribution in [2.24, 2.45) is 0 Å². The number of nitrogens with one attached hydrogen (secondary N) is 1. The fourth-order valence-corrected chi connectivity index (χ4v) is 3.18. The maximum absolute atomic E-state index is 4.03. The van der Waals surface area contributed by atoms with Crippen molar-refractivity contribution in [2.45, 2.75) is 19.5 Å². The molecule has 0 fully saturated rings. The van der Waals surface area contributed by atoms with Crippen LogP contribution in [0.1, 0.15) is 23.4 Å². The number of hydrogen-bond donors (Lipinski definition) is 1. The molecule has 1 N–H and O–H groups in total. The van der Waals surface area contributed by atoms with E-state index in [1.807, 2.05) is 35.9 Å². The van der Waals surface area contributed by atoms with Crippen LogP contribution in [0.15, 0.2) is 54.9 Å². The molecule has 96 valence electrons. The van der Waals surface area contributed by atoms with E-state index in [0.717, 1.165) is 6.54 Å². The van der Waals surface area contributed by atoms with E-state index < -0.39 is 0 Å². The summed E-state index contributed by atoms with van der Waals surface area (Å²) in [5, 5.41) is 4.89. The Bertz CT molecular complexity index is 628. The Labute approximate surface area is 117 Å². The lowest BCUT2D eigenvalue weighted by Crippen LogP contribution is -2.17. The van der Waals surface area contributed by atoms with Crippen LogP contribution in [-0.4, -0.2) is 4.98 Å². The van der Waals surface area contributed by atoms with Gasteiger partial charge in [-0.15, -0.1) is 11.3 Å². The molecule has 0 aliphatic rings. The Morgan fingerprint density at radius 3 is 2.74 bits per heavy atom. The van der Waals surface area contributed by atoms with Crippen LogP contribution < -0.4 is 5.32 Å². The lowest BCUT2D eigenvalue weighted by molar-refractivity contribution is 0.583. The summed E-state index contributed by atoms with van der Waals surface area (Å²) in [5.74, 6) is 0. The smallest absolute Gasteiger partial charge is 0.0389 e. The summed E-state index contributed by atoms with van der Waals surface area (Å²) in [6.45, 7) is 3.09. The highest BCUT2D eigenvalue weighted by Gasteiger charge is 2.08. The Kier molecular flexibility index (Phi) is 3.58.